The van der Waals surface area contributed by atoms with Crippen molar-refractivity contribution in [2.24, 2.45) is 0 Å². The lowest BCUT2D eigenvalue weighted by Gasteiger charge is -2.26. The van der Waals surface area contributed by atoms with Gasteiger partial charge < -0.3 is 14.5 Å². The molecule has 1 aliphatic rings. The molecule has 4 heterocycles. The molecule has 25 heavy (non-hydrogen) atoms. The van der Waals surface area contributed by atoms with Gasteiger partial charge in [0.2, 0.25) is 0 Å². The maximum Gasteiger partial charge on any atom is 0.173 e. The van der Waals surface area contributed by atoms with Gasteiger partial charge in [0.1, 0.15) is 18.0 Å². The number of aromatic nitrogens is 7. The van der Waals surface area contributed by atoms with Gasteiger partial charge in [-0.3, -0.25) is 0 Å². The van der Waals surface area contributed by atoms with Crippen LogP contribution in [0.5, 0.6) is 0 Å². The van der Waals surface area contributed by atoms with Crippen LogP contribution in [0.2, 0.25) is 0 Å². The fraction of sp³-hybridized carbons (Fsp3) is 0.562. The maximum atomic E-state index is 4.66. The Morgan fingerprint density at radius 1 is 1.32 bits per heavy atom. The van der Waals surface area contributed by atoms with Crippen LogP contribution in [-0.4, -0.2) is 40.3 Å². The lowest BCUT2D eigenvalue weighted by atomic mass is 10.1. The van der Waals surface area contributed by atoms with Crippen LogP contribution in [-0.2, 0) is 19.5 Å². The first-order valence-electron chi connectivity index (χ1n) is 8.63. The zero-order valence-electron chi connectivity index (χ0n) is 14.6. The summed E-state index contributed by atoms with van der Waals surface area (Å²) in [4.78, 5) is 13.5. The highest BCUT2D eigenvalue weighted by molar-refractivity contribution is 14.1. The maximum absolute atomic E-state index is 4.66. The molecule has 0 aliphatic carbocycles. The smallest absolute Gasteiger partial charge is 0.173 e. The summed E-state index contributed by atoms with van der Waals surface area (Å²) in [7, 11) is 0. The molecule has 3 aromatic rings. The minimum absolute atomic E-state index is 0.281. The van der Waals surface area contributed by atoms with E-state index in [-0.39, 0.29) is 6.04 Å². The van der Waals surface area contributed by atoms with Crippen LogP contribution in [0.25, 0.3) is 11.2 Å². The predicted octanol–water partition coefficient (Wildman–Crippen LogP) is 2.59. The summed E-state index contributed by atoms with van der Waals surface area (Å²) in [5.74, 6) is 3.31. The molecule has 9 heteroatoms. The predicted molar refractivity (Wildman–Crippen MR) is 104 cm³/mol. The van der Waals surface area contributed by atoms with Gasteiger partial charge in [-0.05, 0) is 13.3 Å². The van der Waals surface area contributed by atoms with E-state index in [1.54, 1.807) is 6.33 Å². The lowest BCUT2D eigenvalue weighted by Crippen LogP contribution is -2.32. The molecular formula is C16H21IN8. The third kappa shape index (κ3) is 2.87. The number of nitrogens with one attached hydrogen (secondary N) is 1. The second-order valence-corrected chi connectivity index (χ2v) is 7.60. The van der Waals surface area contributed by atoms with Crippen molar-refractivity contribution in [3.8, 4) is 0 Å². The van der Waals surface area contributed by atoms with E-state index in [2.05, 4.69) is 83.0 Å². The molecule has 1 N–H and O–H groups in total. The minimum atomic E-state index is 0.281. The number of anilines is 1. The molecule has 0 spiro atoms. The summed E-state index contributed by atoms with van der Waals surface area (Å²) < 4.78 is 5.28. The Bertz CT molecular complexity index is 912. The summed E-state index contributed by atoms with van der Waals surface area (Å²) in [5, 5.41) is 12.3. The summed E-state index contributed by atoms with van der Waals surface area (Å²) in [6.45, 7) is 8.10. The van der Waals surface area contributed by atoms with Gasteiger partial charge in [0.15, 0.2) is 20.8 Å². The second kappa shape index (κ2) is 6.50. The van der Waals surface area contributed by atoms with Crippen molar-refractivity contribution in [2.45, 2.75) is 58.7 Å². The summed E-state index contributed by atoms with van der Waals surface area (Å²) in [5.41, 5.74) is 1.72. The van der Waals surface area contributed by atoms with Crippen LogP contribution >= 0.6 is 22.6 Å². The molecule has 1 aliphatic heterocycles. The second-order valence-electron chi connectivity index (χ2n) is 6.64. The summed E-state index contributed by atoms with van der Waals surface area (Å²) in [6.07, 6.45) is 3.54. The highest BCUT2D eigenvalue weighted by Crippen LogP contribution is 2.25. The Kier molecular flexibility index (Phi) is 4.34. The molecule has 4 rings (SSSR count). The van der Waals surface area contributed by atoms with Crippen molar-refractivity contribution in [1.82, 2.24) is 34.3 Å². The van der Waals surface area contributed by atoms with Gasteiger partial charge in [-0.2, -0.15) is 0 Å². The number of nitrogens with zero attached hydrogens (tertiary/aromatic N) is 7. The number of hydrogen-bond donors (Lipinski definition) is 1. The van der Waals surface area contributed by atoms with E-state index in [9.17, 15) is 0 Å². The first-order valence-corrected chi connectivity index (χ1v) is 9.71. The number of aryl methyl sites for hydroxylation is 2. The monoisotopic (exact) mass is 452 g/mol. The van der Waals surface area contributed by atoms with Gasteiger partial charge in [0.25, 0.3) is 0 Å². The number of fused-ring (bicyclic) bond motifs is 2. The minimum Gasteiger partial charge on any atom is -0.364 e. The quantitative estimate of drug-likeness (QED) is 0.484. The van der Waals surface area contributed by atoms with Crippen LogP contribution in [0.15, 0.2) is 6.33 Å². The SMILES string of the molecule is CCn1c(I)nc2c(N[C@@H]3CCc4nnc(C(C)C)n4C3)ncnc21. The normalized spacial score (nSPS) is 17.2. The highest BCUT2D eigenvalue weighted by atomic mass is 127. The van der Waals surface area contributed by atoms with Crippen LogP contribution in [0, 0.1) is 3.83 Å². The number of imidazole rings is 1. The molecule has 0 saturated heterocycles. The first-order chi connectivity index (χ1) is 12.1. The van der Waals surface area contributed by atoms with E-state index < -0.39 is 0 Å². The average molecular weight is 452 g/mol. The van der Waals surface area contributed by atoms with E-state index in [0.717, 1.165) is 58.4 Å². The summed E-state index contributed by atoms with van der Waals surface area (Å²) >= 11 is 2.25. The number of rotatable bonds is 4. The lowest BCUT2D eigenvalue weighted by molar-refractivity contribution is 0.459. The van der Waals surface area contributed by atoms with Gasteiger partial charge in [0.05, 0.1) is 0 Å². The van der Waals surface area contributed by atoms with Gasteiger partial charge in [-0.25, -0.2) is 15.0 Å². The van der Waals surface area contributed by atoms with E-state index in [1.807, 2.05) is 0 Å². The number of hydrogen-bond acceptors (Lipinski definition) is 6. The Morgan fingerprint density at radius 3 is 2.92 bits per heavy atom. The van der Waals surface area contributed by atoms with Crippen LogP contribution in [0.4, 0.5) is 5.82 Å². The number of halogens is 1. The average Bonchev–Trinajstić information content (AvgIpc) is 3.15. The molecule has 0 bridgehead atoms. The van der Waals surface area contributed by atoms with Gasteiger partial charge in [0, 0.05) is 54.1 Å². The van der Waals surface area contributed by atoms with Crippen LogP contribution in [0.1, 0.15) is 44.8 Å². The Labute approximate surface area is 159 Å². The molecule has 0 unspecified atom stereocenters. The van der Waals surface area contributed by atoms with E-state index in [4.69, 9.17) is 0 Å². The van der Waals surface area contributed by atoms with Crippen molar-refractivity contribution in [2.75, 3.05) is 5.32 Å². The molecule has 0 aromatic carbocycles. The molecule has 0 amide bonds. The van der Waals surface area contributed by atoms with E-state index >= 15 is 0 Å². The first kappa shape index (κ1) is 16.7. The highest BCUT2D eigenvalue weighted by Gasteiger charge is 2.25. The third-order valence-corrected chi connectivity index (χ3v) is 5.46. The zero-order valence-corrected chi connectivity index (χ0v) is 16.7. The molecule has 1 atom stereocenters. The topological polar surface area (TPSA) is 86.3 Å². The summed E-state index contributed by atoms with van der Waals surface area (Å²) in [6, 6.07) is 0.281. The molecule has 0 fully saturated rings. The van der Waals surface area contributed by atoms with Gasteiger partial charge in [-0.1, -0.05) is 13.8 Å². The molecule has 3 aromatic heterocycles. The van der Waals surface area contributed by atoms with Crippen molar-refractivity contribution in [3.63, 3.8) is 0 Å². The standard InChI is InChI=1S/C16H21IN8/c1-4-24-15-12(21-16(24)17)13(18-8-19-15)20-10-5-6-11-22-23-14(9(2)3)25(11)7-10/h8-10H,4-7H2,1-3H3,(H,18,19,20)/t10-/m1/s1. The Balaban J connectivity index is 1.63. The fourth-order valence-electron chi connectivity index (χ4n) is 3.38. The molecule has 132 valence electrons. The van der Waals surface area contributed by atoms with E-state index in [0.29, 0.717) is 5.92 Å². The Morgan fingerprint density at radius 2 is 2.16 bits per heavy atom. The van der Waals surface area contributed by atoms with Crippen molar-refractivity contribution in [1.29, 1.82) is 0 Å². The van der Waals surface area contributed by atoms with Crippen molar-refractivity contribution in [3.05, 3.63) is 21.8 Å². The van der Waals surface area contributed by atoms with Crippen molar-refractivity contribution < 1.29 is 0 Å². The third-order valence-electron chi connectivity index (χ3n) is 4.63. The largest absolute Gasteiger partial charge is 0.364 e. The molecular weight excluding hydrogens is 431 g/mol. The zero-order chi connectivity index (χ0) is 17.6. The molecule has 8 nitrogen and oxygen atoms in total. The van der Waals surface area contributed by atoms with E-state index in [1.165, 1.54) is 0 Å². The van der Waals surface area contributed by atoms with Crippen molar-refractivity contribution >= 4 is 39.6 Å². The fourth-order valence-corrected chi connectivity index (χ4v) is 4.19. The van der Waals surface area contributed by atoms with Crippen LogP contribution < -0.4 is 5.32 Å². The van der Waals surface area contributed by atoms with Gasteiger partial charge in [-0.15, -0.1) is 10.2 Å². The van der Waals surface area contributed by atoms with Gasteiger partial charge >= 0.3 is 0 Å². The molecule has 0 saturated carbocycles. The molecule has 0 radical (unpaired) electrons. The van der Waals surface area contributed by atoms with Crippen LogP contribution in [0.3, 0.4) is 0 Å². The Hall–Kier alpha value is -1.78.